The number of thiophene rings is 1. The van der Waals surface area contributed by atoms with Crippen LogP contribution in [0.3, 0.4) is 0 Å². The number of likely N-dealkylation sites (tertiary alicyclic amines) is 1. The van der Waals surface area contributed by atoms with Gasteiger partial charge in [0.05, 0.1) is 14.2 Å². The summed E-state index contributed by atoms with van der Waals surface area (Å²) in [6.45, 7) is 1.91. The number of rotatable bonds is 13. The molecule has 1 aliphatic heterocycles. The van der Waals surface area contributed by atoms with Crippen molar-refractivity contribution in [1.82, 2.24) is 10.2 Å². The van der Waals surface area contributed by atoms with Crippen molar-refractivity contribution in [2.24, 2.45) is 0 Å². The van der Waals surface area contributed by atoms with Crippen molar-refractivity contribution >= 4 is 46.5 Å². The molecule has 2 aromatic carbocycles. The lowest BCUT2D eigenvalue weighted by Crippen LogP contribution is -2.33. The molecule has 10 nitrogen and oxygen atoms in total. The van der Waals surface area contributed by atoms with Crippen LogP contribution in [-0.2, 0) is 27.2 Å². The fourth-order valence-corrected chi connectivity index (χ4v) is 6.81. The zero-order chi connectivity index (χ0) is 33.5. The third-order valence-electron chi connectivity index (χ3n) is 7.82. The summed E-state index contributed by atoms with van der Waals surface area (Å²) in [5.41, 5.74) is 1.85. The lowest BCUT2D eigenvalue weighted by Gasteiger charge is -2.21. The molecule has 1 unspecified atom stereocenters. The predicted molar refractivity (Wildman–Crippen MR) is 179 cm³/mol. The van der Waals surface area contributed by atoms with E-state index in [9.17, 15) is 14.8 Å². The van der Waals surface area contributed by atoms with Crippen molar-refractivity contribution < 1.29 is 33.3 Å². The number of nitrogens with one attached hydrogen (secondary N) is 1. The molecule has 1 N–H and O–H groups in total. The molecule has 1 saturated heterocycles. The summed E-state index contributed by atoms with van der Waals surface area (Å²) in [6, 6.07) is 17.4. The van der Waals surface area contributed by atoms with Crippen LogP contribution in [0, 0.1) is 5.21 Å². The maximum Gasteiger partial charge on any atom is 0.348 e. The van der Waals surface area contributed by atoms with E-state index < -0.39 is 18.1 Å². The first-order valence-corrected chi connectivity index (χ1v) is 16.5. The fourth-order valence-electron chi connectivity index (χ4n) is 5.37. The van der Waals surface area contributed by atoms with Gasteiger partial charge in [0.1, 0.15) is 33.2 Å². The number of carbonyl (C=O) groups excluding carboxylic acids is 2. The van der Waals surface area contributed by atoms with Gasteiger partial charge in [0.15, 0.2) is 23.9 Å². The molecule has 4 aromatic rings. The lowest BCUT2D eigenvalue weighted by atomic mass is 10.0. The van der Waals surface area contributed by atoms with Gasteiger partial charge < -0.3 is 29.1 Å². The van der Waals surface area contributed by atoms with Crippen molar-refractivity contribution in [2.75, 3.05) is 34.4 Å². The van der Waals surface area contributed by atoms with E-state index in [2.05, 4.69) is 10.2 Å². The van der Waals surface area contributed by atoms with E-state index in [1.54, 1.807) is 24.3 Å². The number of carbonyl (C=O) groups is 2. The van der Waals surface area contributed by atoms with Crippen LogP contribution in [0.25, 0.3) is 0 Å². The molecule has 248 valence electrons. The van der Waals surface area contributed by atoms with E-state index in [1.807, 2.05) is 43.4 Å². The Morgan fingerprint density at radius 1 is 1.02 bits per heavy atom. The zero-order valence-electron chi connectivity index (χ0n) is 26.1. The van der Waals surface area contributed by atoms with E-state index in [0.29, 0.717) is 45.3 Å². The highest BCUT2D eigenvalue weighted by molar-refractivity contribution is 7.13. The SMILES string of the molecule is COc1ccc([C@H](Cc2c(Cl)c[n+]([O-])cc2Cl)OC(=O)c2ccc(CNC(C(=O)O[C@@H]3CCN(C)C3)c3ccccc3)s2)cc1OC. The number of esters is 2. The molecule has 1 fully saturated rings. The Balaban J connectivity index is 1.32. The monoisotopic (exact) mass is 699 g/mol. The van der Waals surface area contributed by atoms with E-state index in [1.165, 1.54) is 38.0 Å². The van der Waals surface area contributed by atoms with Gasteiger partial charge in [0, 0.05) is 36.5 Å². The first-order chi connectivity index (χ1) is 22.6. The van der Waals surface area contributed by atoms with Crippen molar-refractivity contribution in [1.29, 1.82) is 0 Å². The van der Waals surface area contributed by atoms with Crippen LogP contribution in [0.5, 0.6) is 11.5 Å². The second kappa shape index (κ2) is 15.8. The first kappa shape index (κ1) is 34.5. The largest absolute Gasteiger partial charge is 0.619 e. The molecule has 0 amide bonds. The lowest BCUT2D eigenvalue weighted by molar-refractivity contribution is -0.605. The van der Waals surface area contributed by atoms with E-state index in [4.69, 9.17) is 42.1 Å². The molecule has 0 aliphatic carbocycles. The van der Waals surface area contributed by atoms with Crippen LogP contribution < -0.4 is 19.5 Å². The highest BCUT2D eigenvalue weighted by Gasteiger charge is 2.29. The number of likely N-dealkylation sites (N-methyl/N-ethyl adjacent to an activating group) is 1. The van der Waals surface area contributed by atoms with Crippen LogP contribution in [0.4, 0.5) is 0 Å². The molecule has 47 heavy (non-hydrogen) atoms. The van der Waals surface area contributed by atoms with Gasteiger partial charge in [-0.2, -0.15) is 4.73 Å². The zero-order valence-corrected chi connectivity index (χ0v) is 28.4. The number of ether oxygens (including phenoxy) is 4. The Labute approximate surface area is 287 Å². The summed E-state index contributed by atoms with van der Waals surface area (Å²) < 4.78 is 23.2. The molecule has 2 aromatic heterocycles. The first-order valence-electron chi connectivity index (χ1n) is 14.9. The minimum absolute atomic E-state index is 0.0944. The van der Waals surface area contributed by atoms with Gasteiger partial charge in [0.2, 0.25) is 0 Å². The highest BCUT2D eigenvalue weighted by Crippen LogP contribution is 2.36. The van der Waals surface area contributed by atoms with Crippen LogP contribution in [0.15, 0.2) is 73.1 Å². The Morgan fingerprint density at radius 3 is 2.40 bits per heavy atom. The summed E-state index contributed by atoms with van der Waals surface area (Å²) in [5.74, 6) is 0.0523. The molecular formula is C34H35Cl2N3O7S. The fraction of sp³-hybridized carbons (Fsp3) is 0.324. The third kappa shape index (κ3) is 8.74. The second-order valence-corrected chi connectivity index (χ2v) is 13.1. The smallest absolute Gasteiger partial charge is 0.348 e. The summed E-state index contributed by atoms with van der Waals surface area (Å²) in [5, 5.41) is 15.4. The number of halogens is 2. The number of aromatic nitrogens is 1. The molecule has 0 bridgehead atoms. The molecule has 13 heteroatoms. The molecule has 0 radical (unpaired) electrons. The van der Waals surface area contributed by atoms with E-state index >= 15 is 0 Å². The molecule has 5 rings (SSSR count). The Hall–Kier alpha value is -3.87. The van der Waals surface area contributed by atoms with Crippen LogP contribution >= 0.6 is 34.5 Å². The number of pyridine rings is 1. The number of hydrogen-bond donors (Lipinski definition) is 1. The Kier molecular flexibility index (Phi) is 11.6. The molecule has 1 aliphatic rings. The number of nitrogens with zero attached hydrogens (tertiary/aromatic N) is 2. The quantitative estimate of drug-likeness (QED) is 0.103. The van der Waals surface area contributed by atoms with Crippen LogP contribution in [0.1, 0.15) is 49.8 Å². The molecule has 0 saturated carbocycles. The Morgan fingerprint density at radius 2 is 1.74 bits per heavy atom. The van der Waals surface area contributed by atoms with Gasteiger partial charge in [-0.05, 0) is 48.9 Å². The van der Waals surface area contributed by atoms with Gasteiger partial charge in [-0.1, -0.05) is 59.6 Å². The second-order valence-electron chi connectivity index (χ2n) is 11.1. The van der Waals surface area contributed by atoms with Crippen LogP contribution in [0.2, 0.25) is 10.0 Å². The van der Waals surface area contributed by atoms with Crippen LogP contribution in [-0.4, -0.2) is 57.3 Å². The average molecular weight is 701 g/mol. The van der Waals surface area contributed by atoms with Crippen molar-refractivity contribution in [2.45, 2.75) is 37.6 Å². The van der Waals surface area contributed by atoms with Crippen molar-refractivity contribution in [3.63, 3.8) is 0 Å². The molecular weight excluding hydrogens is 665 g/mol. The molecule has 3 heterocycles. The highest BCUT2D eigenvalue weighted by atomic mass is 35.5. The van der Waals surface area contributed by atoms with Gasteiger partial charge in [-0.25, -0.2) is 9.59 Å². The van der Waals surface area contributed by atoms with E-state index in [0.717, 1.165) is 23.4 Å². The topological polar surface area (TPSA) is 113 Å². The minimum atomic E-state index is -0.838. The maximum absolute atomic E-state index is 13.5. The average Bonchev–Trinajstić information content (AvgIpc) is 3.71. The predicted octanol–water partition coefficient (Wildman–Crippen LogP) is 5.92. The van der Waals surface area contributed by atoms with Crippen molar-refractivity contribution in [3.05, 3.63) is 115 Å². The summed E-state index contributed by atoms with van der Waals surface area (Å²) >= 11 is 14.0. The standard InChI is InChI=1S/C34H35Cl2N3O7S/c1-38-14-13-23(18-38)45-34(41)32(21-7-5-4-6-8-21)37-17-24-10-12-31(47-24)33(40)46-29(16-25-26(35)19-39(42)20-27(25)36)22-9-11-28(43-2)30(15-22)44-3/h4-12,15,19-20,23,29,32,37H,13-14,16-18H2,1-3H3/t23-,29+,32?/m1/s1. The summed E-state index contributed by atoms with van der Waals surface area (Å²) in [7, 11) is 5.04. The molecule has 0 spiro atoms. The van der Waals surface area contributed by atoms with Crippen molar-refractivity contribution in [3.8, 4) is 11.5 Å². The Bertz CT molecular complexity index is 1680. The minimum Gasteiger partial charge on any atom is -0.619 e. The summed E-state index contributed by atoms with van der Waals surface area (Å²) in [4.78, 5) is 30.1. The van der Waals surface area contributed by atoms with E-state index in [-0.39, 0.29) is 28.5 Å². The third-order valence-corrected chi connectivity index (χ3v) is 9.54. The molecule has 3 atom stereocenters. The van der Waals surface area contributed by atoms with Gasteiger partial charge in [-0.15, -0.1) is 11.3 Å². The summed E-state index contributed by atoms with van der Waals surface area (Å²) in [6.07, 6.45) is 2.29. The van der Waals surface area contributed by atoms with Gasteiger partial charge in [-0.3, -0.25) is 5.32 Å². The van der Waals surface area contributed by atoms with Gasteiger partial charge >= 0.3 is 11.9 Å². The number of benzene rings is 2. The normalized spacial score (nSPS) is 16.0. The number of hydrogen-bond acceptors (Lipinski definition) is 10. The maximum atomic E-state index is 13.5. The number of methoxy groups -OCH3 is 2. The van der Waals surface area contributed by atoms with Gasteiger partial charge in [0.25, 0.3) is 0 Å².